The Labute approximate surface area is 81.7 Å². The van der Waals surface area contributed by atoms with E-state index in [4.69, 9.17) is 0 Å². The fourth-order valence-electron chi connectivity index (χ4n) is 2.06. The molecule has 0 saturated heterocycles. The molecule has 1 aliphatic carbocycles. The van der Waals surface area contributed by atoms with Crippen LogP contribution >= 0.6 is 0 Å². The van der Waals surface area contributed by atoms with Crippen molar-refractivity contribution in [2.24, 2.45) is 11.8 Å². The number of hydrogen-bond donors (Lipinski definition) is 0. The molecule has 0 aromatic carbocycles. The van der Waals surface area contributed by atoms with Gasteiger partial charge in [0.15, 0.2) is 0 Å². The fourth-order valence-corrected chi connectivity index (χ4v) is 2.06. The van der Waals surface area contributed by atoms with Crippen LogP contribution in [0.25, 0.3) is 0 Å². The molecular formula is C10H15F3O. The van der Waals surface area contributed by atoms with E-state index in [1.165, 1.54) is 0 Å². The third-order valence-electron chi connectivity index (χ3n) is 3.07. The van der Waals surface area contributed by atoms with Gasteiger partial charge in [0.2, 0.25) is 5.78 Å². The second-order valence-electron chi connectivity index (χ2n) is 3.99. The number of hydrogen-bond acceptors (Lipinski definition) is 1. The Morgan fingerprint density at radius 3 is 2.07 bits per heavy atom. The maximum absolute atomic E-state index is 12.1. The van der Waals surface area contributed by atoms with Crippen molar-refractivity contribution in [2.45, 2.75) is 45.2 Å². The Bertz CT molecular complexity index is 202. The number of rotatable bonds is 2. The molecule has 0 unspecified atom stereocenters. The molecule has 1 fully saturated rings. The second-order valence-corrected chi connectivity index (χ2v) is 3.99. The van der Waals surface area contributed by atoms with Crippen LogP contribution in [-0.4, -0.2) is 12.0 Å². The van der Waals surface area contributed by atoms with Gasteiger partial charge >= 0.3 is 6.18 Å². The minimum absolute atomic E-state index is 0.414. The van der Waals surface area contributed by atoms with Gasteiger partial charge in [-0.1, -0.05) is 13.3 Å². The molecule has 82 valence electrons. The quantitative estimate of drug-likeness (QED) is 0.680. The molecule has 0 amide bonds. The molecule has 0 aromatic rings. The lowest BCUT2D eigenvalue weighted by Crippen LogP contribution is -2.32. The highest BCUT2D eigenvalue weighted by atomic mass is 19.4. The Kier molecular flexibility index (Phi) is 3.56. The van der Waals surface area contributed by atoms with Crippen LogP contribution in [-0.2, 0) is 4.79 Å². The van der Waals surface area contributed by atoms with Gasteiger partial charge in [-0.05, 0) is 31.6 Å². The first-order valence-corrected chi connectivity index (χ1v) is 5.06. The molecule has 1 aliphatic rings. The lowest BCUT2D eigenvalue weighted by atomic mass is 9.79. The molecule has 1 nitrogen and oxygen atoms in total. The average Bonchev–Trinajstić information content (AvgIpc) is 2.15. The number of Topliss-reactive ketones (excluding diaryl/α,β-unsaturated/α-hetero) is 1. The molecule has 0 N–H and O–H groups in total. The van der Waals surface area contributed by atoms with Crippen LogP contribution in [0.4, 0.5) is 13.2 Å². The van der Waals surface area contributed by atoms with E-state index in [0.29, 0.717) is 18.8 Å². The summed E-state index contributed by atoms with van der Waals surface area (Å²) in [5.41, 5.74) is 0. The first-order chi connectivity index (χ1) is 6.45. The standard InChI is InChI=1S/C10H15F3O/c1-2-7-3-5-8(6-4-7)9(14)10(11,12)13/h7-8H,2-6H2,1H3. The summed E-state index contributed by atoms with van der Waals surface area (Å²) in [5.74, 6) is -1.77. The highest BCUT2D eigenvalue weighted by Gasteiger charge is 2.43. The summed E-state index contributed by atoms with van der Waals surface area (Å²) in [7, 11) is 0. The maximum atomic E-state index is 12.1. The number of ketones is 1. The normalized spacial score (nSPS) is 28.9. The van der Waals surface area contributed by atoms with E-state index < -0.39 is 17.9 Å². The van der Waals surface area contributed by atoms with E-state index in [1.807, 2.05) is 6.92 Å². The van der Waals surface area contributed by atoms with Crippen molar-refractivity contribution in [3.63, 3.8) is 0 Å². The predicted molar refractivity (Wildman–Crippen MR) is 46.8 cm³/mol. The average molecular weight is 208 g/mol. The Morgan fingerprint density at radius 2 is 1.71 bits per heavy atom. The van der Waals surface area contributed by atoms with Crippen LogP contribution < -0.4 is 0 Å². The van der Waals surface area contributed by atoms with Gasteiger partial charge in [-0.2, -0.15) is 13.2 Å². The van der Waals surface area contributed by atoms with Crippen molar-refractivity contribution in [3.8, 4) is 0 Å². The zero-order valence-corrected chi connectivity index (χ0v) is 8.23. The van der Waals surface area contributed by atoms with E-state index >= 15 is 0 Å². The molecule has 14 heavy (non-hydrogen) atoms. The fraction of sp³-hybridized carbons (Fsp3) is 0.900. The topological polar surface area (TPSA) is 17.1 Å². The number of carbonyl (C=O) groups excluding carboxylic acids is 1. The monoisotopic (exact) mass is 208 g/mol. The summed E-state index contributed by atoms with van der Waals surface area (Å²) in [5, 5.41) is 0. The largest absolute Gasteiger partial charge is 0.450 e. The number of alkyl halides is 3. The van der Waals surface area contributed by atoms with Gasteiger partial charge in [-0.15, -0.1) is 0 Å². The zero-order chi connectivity index (χ0) is 10.8. The van der Waals surface area contributed by atoms with Gasteiger partial charge in [-0.25, -0.2) is 0 Å². The van der Waals surface area contributed by atoms with Crippen LogP contribution in [0.3, 0.4) is 0 Å². The van der Waals surface area contributed by atoms with E-state index in [0.717, 1.165) is 19.3 Å². The van der Waals surface area contributed by atoms with Crippen molar-refractivity contribution in [1.29, 1.82) is 0 Å². The maximum Gasteiger partial charge on any atom is 0.450 e. The van der Waals surface area contributed by atoms with E-state index in [9.17, 15) is 18.0 Å². The molecule has 0 spiro atoms. The van der Waals surface area contributed by atoms with Crippen LogP contribution in [0.2, 0.25) is 0 Å². The summed E-state index contributed by atoms with van der Waals surface area (Å²) in [6.07, 6.45) is -1.27. The number of halogens is 3. The highest BCUT2D eigenvalue weighted by molar-refractivity contribution is 5.86. The SMILES string of the molecule is CCC1CCC(C(=O)C(F)(F)F)CC1. The predicted octanol–water partition coefficient (Wildman–Crippen LogP) is 3.33. The van der Waals surface area contributed by atoms with Crippen LogP contribution in [0, 0.1) is 11.8 Å². The summed E-state index contributed by atoms with van der Waals surface area (Å²) >= 11 is 0. The lowest BCUT2D eigenvalue weighted by Gasteiger charge is -2.27. The van der Waals surface area contributed by atoms with Gasteiger partial charge in [0.05, 0.1) is 0 Å². The smallest absolute Gasteiger partial charge is 0.289 e. The lowest BCUT2D eigenvalue weighted by molar-refractivity contribution is -0.176. The van der Waals surface area contributed by atoms with Gasteiger partial charge in [0.1, 0.15) is 0 Å². The molecule has 1 saturated carbocycles. The highest BCUT2D eigenvalue weighted by Crippen LogP contribution is 2.34. The Balaban J connectivity index is 2.46. The molecule has 0 aliphatic heterocycles. The molecule has 0 aromatic heterocycles. The van der Waals surface area contributed by atoms with Gasteiger partial charge in [0.25, 0.3) is 0 Å². The van der Waals surface area contributed by atoms with Crippen molar-refractivity contribution in [3.05, 3.63) is 0 Å². The van der Waals surface area contributed by atoms with Crippen LogP contribution in [0.5, 0.6) is 0 Å². The molecule has 0 bridgehead atoms. The minimum atomic E-state index is -4.64. The minimum Gasteiger partial charge on any atom is -0.289 e. The third-order valence-corrected chi connectivity index (χ3v) is 3.07. The summed E-state index contributed by atoms with van der Waals surface area (Å²) in [6, 6.07) is 0. The molecule has 1 rings (SSSR count). The summed E-state index contributed by atoms with van der Waals surface area (Å²) in [4.78, 5) is 10.9. The van der Waals surface area contributed by atoms with Crippen LogP contribution in [0.15, 0.2) is 0 Å². The number of carbonyl (C=O) groups is 1. The first kappa shape index (κ1) is 11.5. The summed E-state index contributed by atoms with van der Waals surface area (Å²) in [6.45, 7) is 2.04. The van der Waals surface area contributed by atoms with E-state index in [-0.39, 0.29) is 0 Å². The van der Waals surface area contributed by atoms with Gasteiger partial charge in [-0.3, -0.25) is 4.79 Å². The first-order valence-electron chi connectivity index (χ1n) is 5.06. The van der Waals surface area contributed by atoms with E-state index in [1.54, 1.807) is 0 Å². The summed E-state index contributed by atoms with van der Waals surface area (Å²) < 4.78 is 36.2. The molecule has 0 radical (unpaired) electrons. The Hall–Kier alpha value is -0.540. The van der Waals surface area contributed by atoms with Gasteiger partial charge in [0, 0.05) is 5.92 Å². The molecule has 0 atom stereocenters. The third kappa shape index (κ3) is 2.72. The van der Waals surface area contributed by atoms with Crippen molar-refractivity contribution < 1.29 is 18.0 Å². The molecule has 0 heterocycles. The second kappa shape index (κ2) is 4.32. The van der Waals surface area contributed by atoms with Crippen molar-refractivity contribution >= 4 is 5.78 Å². The van der Waals surface area contributed by atoms with Crippen molar-refractivity contribution in [2.75, 3.05) is 0 Å². The van der Waals surface area contributed by atoms with Crippen LogP contribution in [0.1, 0.15) is 39.0 Å². The van der Waals surface area contributed by atoms with Gasteiger partial charge < -0.3 is 0 Å². The van der Waals surface area contributed by atoms with E-state index in [2.05, 4.69) is 0 Å². The Morgan fingerprint density at radius 1 is 1.21 bits per heavy atom. The molecular weight excluding hydrogens is 193 g/mol. The zero-order valence-electron chi connectivity index (χ0n) is 8.23. The molecule has 4 heteroatoms. The van der Waals surface area contributed by atoms with Crippen molar-refractivity contribution in [1.82, 2.24) is 0 Å².